The van der Waals surface area contributed by atoms with E-state index in [0.29, 0.717) is 0 Å². The van der Waals surface area contributed by atoms with Crippen LogP contribution in [0.3, 0.4) is 0 Å². The third kappa shape index (κ3) is 2.67. The van der Waals surface area contributed by atoms with Gasteiger partial charge < -0.3 is 9.47 Å². The Morgan fingerprint density at radius 3 is 1.51 bits per heavy atom. The molecule has 2 nitrogen and oxygen atoms in total. The Bertz CT molecular complexity index is 1700. The van der Waals surface area contributed by atoms with E-state index in [4.69, 9.17) is 9.47 Å². The monoisotopic (exact) mass is 508 g/mol. The largest absolute Gasteiger partial charge is 0.458 e. The highest BCUT2D eigenvalue weighted by atomic mass is 32.2. The van der Waals surface area contributed by atoms with Crippen molar-refractivity contribution in [3.8, 4) is 45.3 Å². The zero-order valence-corrected chi connectivity index (χ0v) is 21.6. The SMILES string of the molecule is Cc1c2c(cc3c1Oc1cccc4c1B3Sc1ccccc1-4)B1Sc3ccccc3-c3cccc(c31)O2. The molecule has 6 heteroatoms. The van der Waals surface area contributed by atoms with E-state index in [1.807, 2.05) is 23.2 Å². The van der Waals surface area contributed by atoms with Crippen molar-refractivity contribution in [2.45, 2.75) is 16.7 Å². The van der Waals surface area contributed by atoms with Gasteiger partial charge in [0, 0.05) is 15.4 Å². The second kappa shape index (κ2) is 7.31. The molecule has 0 saturated carbocycles. The van der Waals surface area contributed by atoms with Gasteiger partial charge >= 0.3 is 0 Å². The van der Waals surface area contributed by atoms with E-state index in [-0.39, 0.29) is 12.0 Å². The molecule has 0 amide bonds. The molecule has 37 heavy (non-hydrogen) atoms. The molecule has 5 aromatic rings. The highest BCUT2D eigenvalue weighted by molar-refractivity contribution is 8.28. The molecule has 0 bridgehead atoms. The molecule has 0 radical (unpaired) electrons. The summed E-state index contributed by atoms with van der Waals surface area (Å²) in [6.45, 7) is 2.16. The molecule has 0 fully saturated rings. The van der Waals surface area contributed by atoms with Gasteiger partial charge in [0.2, 0.25) is 0 Å². The van der Waals surface area contributed by atoms with Gasteiger partial charge in [-0.05, 0) is 75.3 Å². The number of ether oxygens (including phenoxy) is 2. The first-order valence-corrected chi connectivity index (χ1v) is 14.3. The van der Waals surface area contributed by atoms with Crippen LogP contribution in [0.15, 0.2) is 101 Å². The van der Waals surface area contributed by atoms with Gasteiger partial charge in [0.15, 0.2) is 0 Å². The molecular weight excluding hydrogens is 490 g/mol. The lowest BCUT2D eigenvalue weighted by Gasteiger charge is -2.37. The zero-order chi connectivity index (χ0) is 24.2. The second-order valence-electron chi connectivity index (χ2n) is 9.97. The molecule has 0 unspecified atom stereocenters. The Kier molecular flexibility index (Phi) is 4.06. The van der Waals surface area contributed by atoms with Crippen molar-refractivity contribution in [2.75, 3.05) is 0 Å². The van der Waals surface area contributed by atoms with Gasteiger partial charge in [-0.1, -0.05) is 66.7 Å². The fraction of sp³-hybridized carbons (Fsp3) is 0.0323. The fourth-order valence-corrected chi connectivity index (χ4v) is 9.14. The fourth-order valence-electron chi connectivity index (χ4n) is 6.39. The number of hydrogen-bond donors (Lipinski definition) is 0. The maximum Gasteiger partial charge on any atom is 0.289 e. The predicted octanol–water partition coefficient (Wildman–Crippen LogP) is 5.96. The van der Waals surface area contributed by atoms with Crippen molar-refractivity contribution in [2.24, 2.45) is 0 Å². The van der Waals surface area contributed by atoms with Crippen molar-refractivity contribution in [1.29, 1.82) is 0 Å². The first kappa shape index (κ1) is 20.6. The number of benzene rings is 5. The van der Waals surface area contributed by atoms with Gasteiger partial charge in [0.1, 0.15) is 23.0 Å². The number of fused-ring (bicyclic) bond motifs is 8. The quantitative estimate of drug-likeness (QED) is 0.240. The van der Waals surface area contributed by atoms with E-state index in [0.717, 1.165) is 28.6 Å². The third-order valence-electron chi connectivity index (χ3n) is 8.01. The van der Waals surface area contributed by atoms with Gasteiger partial charge in [-0.15, -0.1) is 0 Å². The maximum absolute atomic E-state index is 6.69. The summed E-state index contributed by atoms with van der Waals surface area (Å²) in [7, 11) is 0. The molecule has 0 N–H and O–H groups in total. The van der Waals surface area contributed by atoms with Crippen LogP contribution in [0, 0.1) is 6.92 Å². The summed E-state index contributed by atoms with van der Waals surface area (Å²) in [5, 5.41) is 0. The lowest BCUT2D eigenvalue weighted by atomic mass is 9.52. The predicted molar refractivity (Wildman–Crippen MR) is 157 cm³/mol. The topological polar surface area (TPSA) is 18.5 Å². The van der Waals surface area contributed by atoms with E-state index >= 15 is 0 Å². The minimum Gasteiger partial charge on any atom is -0.458 e. The van der Waals surface area contributed by atoms with Crippen molar-refractivity contribution in [3.63, 3.8) is 0 Å². The molecule has 0 aliphatic carbocycles. The van der Waals surface area contributed by atoms with Crippen LogP contribution >= 0.6 is 23.2 Å². The smallest absolute Gasteiger partial charge is 0.289 e. The molecule has 4 heterocycles. The Balaban J connectivity index is 1.28. The third-order valence-corrected chi connectivity index (χ3v) is 10.7. The standard InChI is InChI=1S/C31H18B2O2S2/c1-17-30-22(32-28-20(10-6-12-24(28)34-30)18-8-2-4-14-26(18)36-32)16-23-31(17)35-25-13-7-11-21-19-9-3-5-15-27(19)37-33(23)29(21)25/h2-16H,1H3. The summed E-state index contributed by atoms with van der Waals surface area (Å²) in [4.78, 5) is 2.65. The second-order valence-corrected chi connectivity index (χ2v) is 12.3. The van der Waals surface area contributed by atoms with Gasteiger partial charge in [0.25, 0.3) is 12.0 Å². The Labute approximate surface area is 224 Å². The molecule has 4 aliphatic heterocycles. The van der Waals surface area contributed by atoms with Gasteiger partial charge in [0.05, 0.1) is 0 Å². The summed E-state index contributed by atoms with van der Waals surface area (Å²) in [6.07, 6.45) is 0. The van der Waals surface area contributed by atoms with E-state index < -0.39 is 0 Å². The summed E-state index contributed by atoms with van der Waals surface area (Å²) in [5.41, 5.74) is 11.3. The molecule has 9 rings (SSSR count). The maximum atomic E-state index is 6.69. The van der Waals surface area contributed by atoms with Crippen molar-refractivity contribution < 1.29 is 9.47 Å². The molecule has 0 spiro atoms. The van der Waals surface area contributed by atoms with Crippen LogP contribution in [0.4, 0.5) is 0 Å². The summed E-state index contributed by atoms with van der Waals surface area (Å²) in [5.74, 6) is 4.18. The van der Waals surface area contributed by atoms with Crippen LogP contribution in [0.5, 0.6) is 23.0 Å². The van der Waals surface area contributed by atoms with Gasteiger partial charge in [-0.3, -0.25) is 0 Å². The molecular formula is C31H18B2O2S2. The molecule has 0 saturated heterocycles. The van der Waals surface area contributed by atoms with Crippen LogP contribution in [0.2, 0.25) is 0 Å². The van der Waals surface area contributed by atoms with Crippen LogP contribution in [-0.2, 0) is 0 Å². The van der Waals surface area contributed by atoms with Crippen LogP contribution in [0.25, 0.3) is 22.3 Å². The number of rotatable bonds is 0. The molecule has 172 valence electrons. The molecule has 4 aliphatic rings. The summed E-state index contributed by atoms with van der Waals surface area (Å²) >= 11 is 3.88. The van der Waals surface area contributed by atoms with Crippen molar-refractivity contribution >= 4 is 57.1 Å². The lowest BCUT2D eigenvalue weighted by Crippen LogP contribution is -2.52. The average molecular weight is 508 g/mol. The molecule has 0 atom stereocenters. The van der Waals surface area contributed by atoms with E-state index in [1.54, 1.807) is 0 Å². The Morgan fingerprint density at radius 1 is 0.541 bits per heavy atom. The zero-order valence-electron chi connectivity index (χ0n) is 19.9. The normalized spacial score (nSPS) is 14.7. The Hall–Kier alpha value is -3.47. The van der Waals surface area contributed by atoms with Gasteiger partial charge in [-0.2, -0.15) is 23.2 Å². The van der Waals surface area contributed by atoms with Gasteiger partial charge in [-0.25, -0.2) is 0 Å². The highest BCUT2D eigenvalue weighted by Gasteiger charge is 2.44. The van der Waals surface area contributed by atoms with Crippen LogP contribution < -0.4 is 31.3 Å². The summed E-state index contributed by atoms with van der Waals surface area (Å²) in [6, 6.07) is 32.8. The average Bonchev–Trinajstić information content (AvgIpc) is 2.94. The molecule has 0 aromatic heterocycles. The number of hydrogen-bond acceptors (Lipinski definition) is 4. The minimum absolute atomic E-state index is 0.186. The van der Waals surface area contributed by atoms with E-state index in [2.05, 4.69) is 97.9 Å². The van der Waals surface area contributed by atoms with Crippen molar-refractivity contribution in [1.82, 2.24) is 0 Å². The lowest BCUT2D eigenvalue weighted by molar-refractivity contribution is 0.459. The summed E-state index contributed by atoms with van der Waals surface area (Å²) < 4.78 is 13.4. The minimum atomic E-state index is 0.186. The molecule has 5 aromatic carbocycles. The van der Waals surface area contributed by atoms with Crippen LogP contribution in [0.1, 0.15) is 5.56 Å². The Morgan fingerprint density at radius 2 is 1.00 bits per heavy atom. The van der Waals surface area contributed by atoms with E-state index in [1.165, 1.54) is 53.9 Å². The van der Waals surface area contributed by atoms with Crippen LogP contribution in [-0.4, -0.2) is 12.0 Å². The van der Waals surface area contributed by atoms with Crippen molar-refractivity contribution in [3.05, 3.63) is 96.6 Å². The van der Waals surface area contributed by atoms with E-state index in [9.17, 15) is 0 Å². The highest BCUT2D eigenvalue weighted by Crippen LogP contribution is 2.47. The first-order valence-electron chi connectivity index (χ1n) is 12.6. The first-order chi connectivity index (χ1) is 18.3.